The van der Waals surface area contributed by atoms with Gasteiger partial charge in [-0.2, -0.15) is 0 Å². The molecule has 0 unspecified atom stereocenters. The van der Waals surface area contributed by atoms with E-state index in [4.69, 9.17) is 5.73 Å². The molecule has 128 valence electrons. The maximum absolute atomic E-state index is 12.1. The van der Waals surface area contributed by atoms with Gasteiger partial charge in [0.2, 0.25) is 0 Å². The van der Waals surface area contributed by atoms with Gasteiger partial charge in [0, 0.05) is 51.4 Å². The molecule has 2 N–H and O–H groups in total. The Morgan fingerprint density at radius 3 is 2.46 bits per heavy atom. The topological polar surface area (TPSA) is 73.3 Å². The van der Waals surface area contributed by atoms with E-state index in [9.17, 15) is 9.59 Å². The quantitative estimate of drug-likeness (QED) is 0.874. The molecule has 24 heavy (non-hydrogen) atoms. The molecule has 1 aromatic carbocycles. The van der Waals surface area contributed by atoms with E-state index in [1.807, 2.05) is 6.07 Å². The Hall–Kier alpha value is -2.18. The molecule has 0 radical (unpaired) electrons. The fourth-order valence-corrected chi connectivity index (χ4v) is 3.57. The second-order valence-corrected chi connectivity index (χ2v) is 6.58. The summed E-state index contributed by atoms with van der Waals surface area (Å²) in [5.41, 5.74) is 7.48. The zero-order valence-corrected chi connectivity index (χ0v) is 14.2. The Labute approximate surface area is 141 Å². The van der Waals surface area contributed by atoms with Gasteiger partial charge in [-0.15, -0.1) is 0 Å². The van der Waals surface area contributed by atoms with Gasteiger partial charge in [0.25, 0.3) is 5.56 Å². The van der Waals surface area contributed by atoms with Gasteiger partial charge in [-0.25, -0.2) is 4.79 Å². The van der Waals surface area contributed by atoms with Crippen molar-refractivity contribution in [1.29, 1.82) is 0 Å². The van der Waals surface area contributed by atoms with Crippen molar-refractivity contribution in [1.82, 2.24) is 14.0 Å². The molecule has 1 fully saturated rings. The maximum atomic E-state index is 12.1. The largest absolute Gasteiger partial charge is 0.330 e. The summed E-state index contributed by atoms with van der Waals surface area (Å²) in [5.74, 6) is 0.774. The van der Waals surface area contributed by atoms with Crippen LogP contribution in [0.25, 0.3) is 0 Å². The number of hydrogen-bond acceptors (Lipinski definition) is 4. The van der Waals surface area contributed by atoms with Crippen LogP contribution < -0.4 is 17.0 Å². The second kappa shape index (κ2) is 6.75. The minimum Gasteiger partial charge on any atom is -0.330 e. The highest BCUT2D eigenvalue weighted by Crippen LogP contribution is 2.32. The minimum absolute atomic E-state index is 0.262. The van der Waals surface area contributed by atoms with Gasteiger partial charge in [-0.05, 0) is 18.0 Å². The zero-order chi connectivity index (χ0) is 17.3. The molecule has 0 saturated carbocycles. The van der Waals surface area contributed by atoms with Crippen molar-refractivity contribution < 1.29 is 0 Å². The fourth-order valence-electron chi connectivity index (χ4n) is 3.57. The third kappa shape index (κ3) is 3.07. The van der Waals surface area contributed by atoms with Crippen LogP contribution in [0.4, 0.5) is 0 Å². The van der Waals surface area contributed by atoms with Crippen molar-refractivity contribution >= 4 is 0 Å². The molecule has 1 aromatic heterocycles. The highest BCUT2D eigenvalue weighted by atomic mass is 16.2. The van der Waals surface area contributed by atoms with Gasteiger partial charge >= 0.3 is 5.69 Å². The highest BCUT2D eigenvalue weighted by molar-refractivity contribution is 5.22. The Morgan fingerprint density at radius 1 is 1.08 bits per heavy atom. The van der Waals surface area contributed by atoms with Gasteiger partial charge in [0.15, 0.2) is 0 Å². The first-order valence-electron chi connectivity index (χ1n) is 8.24. The Balaban J connectivity index is 1.83. The summed E-state index contributed by atoms with van der Waals surface area (Å²) < 4.78 is 2.68. The molecule has 1 aliphatic rings. The Kier molecular flexibility index (Phi) is 4.69. The van der Waals surface area contributed by atoms with E-state index in [1.54, 1.807) is 17.7 Å². The zero-order valence-electron chi connectivity index (χ0n) is 14.2. The normalized spacial score (nSPS) is 21.3. The molecule has 1 aliphatic heterocycles. The van der Waals surface area contributed by atoms with Crippen LogP contribution in [0.2, 0.25) is 0 Å². The molecule has 0 bridgehead atoms. The van der Waals surface area contributed by atoms with E-state index >= 15 is 0 Å². The van der Waals surface area contributed by atoms with E-state index in [0.717, 1.165) is 23.4 Å². The van der Waals surface area contributed by atoms with Crippen molar-refractivity contribution in [3.63, 3.8) is 0 Å². The minimum atomic E-state index is -0.285. The summed E-state index contributed by atoms with van der Waals surface area (Å²) in [6.07, 6.45) is 0. The van der Waals surface area contributed by atoms with Crippen LogP contribution in [-0.4, -0.2) is 33.7 Å². The number of likely N-dealkylation sites (tertiary alicyclic amines) is 1. The average Bonchev–Trinajstić information content (AvgIpc) is 3.01. The Bertz CT molecular complexity index is 825. The third-order valence-electron chi connectivity index (χ3n) is 5.06. The van der Waals surface area contributed by atoms with E-state index < -0.39 is 0 Å². The lowest BCUT2D eigenvalue weighted by atomic mass is 9.89. The number of rotatable bonds is 4. The SMILES string of the molecule is Cn1c(CN2C[C@@H](CN)[C@H](c3ccccc3)C2)cc(=O)n(C)c1=O. The molecule has 0 amide bonds. The molecule has 2 heterocycles. The van der Waals surface area contributed by atoms with Crippen molar-refractivity contribution in [3.8, 4) is 0 Å². The van der Waals surface area contributed by atoms with Crippen LogP contribution in [0.3, 0.4) is 0 Å². The van der Waals surface area contributed by atoms with Crippen LogP contribution in [0.15, 0.2) is 46.0 Å². The van der Waals surface area contributed by atoms with Gasteiger partial charge in [0.1, 0.15) is 0 Å². The van der Waals surface area contributed by atoms with Gasteiger partial charge in [0.05, 0.1) is 0 Å². The van der Waals surface area contributed by atoms with E-state index in [2.05, 4.69) is 29.2 Å². The van der Waals surface area contributed by atoms with Crippen LogP contribution >= 0.6 is 0 Å². The summed E-state index contributed by atoms with van der Waals surface area (Å²) in [5, 5.41) is 0. The standard InChI is InChI=1S/C18H24N4O2/c1-20-15(8-17(23)21(2)18(20)24)11-22-10-14(9-19)16(12-22)13-6-4-3-5-7-13/h3-8,14,16H,9-12,19H2,1-2H3/t14-,16+/m1/s1. The summed E-state index contributed by atoms with van der Waals surface area (Å²) >= 11 is 0. The Morgan fingerprint density at radius 2 is 1.79 bits per heavy atom. The monoisotopic (exact) mass is 328 g/mol. The first kappa shape index (κ1) is 16.7. The molecule has 2 aromatic rings. The summed E-state index contributed by atoms with van der Waals surface area (Å²) in [4.78, 5) is 26.3. The van der Waals surface area contributed by atoms with Crippen molar-refractivity contribution in [2.45, 2.75) is 12.5 Å². The van der Waals surface area contributed by atoms with E-state index in [0.29, 0.717) is 24.9 Å². The number of nitrogens with zero attached hydrogens (tertiary/aromatic N) is 3. The van der Waals surface area contributed by atoms with Crippen LogP contribution in [0, 0.1) is 5.92 Å². The molecular weight excluding hydrogens is 304 g/mol. The van der Waals surface area contributed by atoms with Crippen molar-refractivity contribution in [2.75, 3.05) is 19.6 Å². The van der Waals surface area contributed by atoms with Crippen LogP contribution in [-0.2, 0) is 20.6 Å². The molecule has 0 aliphatic carbocycles. The molecular formula is C18H24N4O2. The number of benzene rings is 1. The predicted molar refractivity (Wildman–Crippen MR) is 93.9 cm³/mol. The van der Waals surface area contributed by atoms with Crippen LogP contribution in [0.5, 0.6) is 0 Å². The first-order chi connectivity index (χ1) is 11.5. The molecule has 1 saturated heterocycles. The van der Waals surface area contributed by atoms with Crippen molar-refractivity contribution in [3.05, 3.63) is 68.5 Å². The van der Waals surface area contributed by atoms with Crippen LogP contribution in [0.1, 0.15) is 17.2 Å². The lowest BCUT2D eigenvalue weighted by molar-refractivity contribution is 0.306. The predicted octanol–water partition coefficient (Wildman–Crippen LogP) is 0.258. The highest BCUT2D eigenvalue weighted by Gasteiger charge is 2.33. The van der Waals surface area contributed by atoms with Crippen molar-refractivity contribution in [2.24, 2.45) is 25.7 Å². The van der Waals surface area contributed by atoms with Gasteiger partial charge in [-0.3, -0.25) is 18.8 Å². The fraction of sp³-hybridized carbons (Fsp3) is 0.444. The van der Waals surface area contributed by atoms with E-state index in [-0.39, 0.29) is 11.2 Å². The lowest BCUT2D eigenvalue weighted by Gasteiger charge is -2.18. The number of aromatic nitrogens is 2. The van der Waals surface area contributed by atoms with Gasteiger partial charge < -0.3 is 5.73 Å². The molecule has 0 spiro atoms. The van der Waals surface area contributed by atoms with E-state index in [1.165, 1.54) is 12.6 Å². The second-order valence-electron chi connectivity index (χ2n) is 6.58. The number of hydrogen-bond donors (Lipinski definition) is 1. The molecule has 6 nitrogen and oxygen atoms in total. The summed E-state index contributed by atoms with van der Waals surface area (Å²) in [6, 6.07) is 12.0. The average molecular weight is 328 g/mol. The summed E-state index contributed by atoms with van der Waals surface area (Å²) in [6.45, 7) is 2.97. The number of nitrogens with two attached hydrogens (primary N) is 1. The van der Waals surface area contributed by atoms with Gasteiger partial charge in [-0.1, -0.05) is 30.3 Å². The molecule has 2 atom stereocenters. The smallest absolute Gasteiger partial charge is 0.330 e. The maximum Gasteiger partial charge on any atom is 0.330 e. The molecule has 3 rings (SSSR count). The molecule has 6 heteroatoms. The summed E-state index contributed by atoms with van der Waals surface area (Å²) in [7, 11) is 3.21. The first-order valence-corrected chi connectivity index (χ1v) is 8.24. The lowest BCUT2D eigenvalue weighted by Crippen LogP contribution is -2.39. The third-order valence-corrected chi connectivity index (χ3v) is 5.06.